The third-order valence-electron chi connectivity index (χ3n) is 4.56. The van der Waals surface area contributed by atoms with Gasteiger partial charge in [0.05, 0.1) is 12.2 Å². The minimum absolute atomic E-state index is 0.0339. The lowest BCUT2D eigenvalue weighted by molar-refractivity contribution is 0.0673. The lowest BCUT2D eigenvalue weighted by atomic mass is 10.2. The molecule has 8 nitrogen and oxygen atoms in total. The van der Waals surface area contributed by atoms with Crippen LogP contribution in [0.3, 0.4) is 0 Å². The number of hydrogen-bond donors (Lipinski definition) is 0. The van der Waals surface area contributed by atoms with Gasteiger partial charge in [-0.2, -0.15) is 0 Å². The van der Waals surface area contributed by atoms with Gasteiger partial charge in [-0.25, -0.2) is 4.98 Å². The highest BCUT2D eigenvalue weighted by molar-refractivity contribution is 5.94. The molecule has 1 aliphatic heterocycles. The van der Waals surface area contributed by atoms with Crippen molar-refractivity contribution in [1.82, 2.24) is 20.1 Å². The van der Waals surface area contributed by atoms with E-state index in [1.165, 1.54) is 0 Å². The molecular weight excluding hydrogens is 336 g/mol. The number of aromatic nitrogens is 3. The molecule has 1 saturated heterocycles. The maximum atomic E-state index is 13.1. The summed E-state index contributed by atoms with van der Waals surface area (Å²) in [6.45, 7) is 6.19. The Morgan fingerprint density at radius 2 is 2.27 bits per heavy atom. The number of pyridine rings is 1. The standard InChI is InChI=1S/C18H24N4O4/c1-5-11(2)25-16-8-13(6-7-19-16)18(23)22-10-14(24-4)9-15(22)17-21-20-12(3)26-17/h6-8,11,14-15H,5,9-10H2,1-4H3/t11?,14-,15+/m0/s1. The van der Waals surface area contributed by atoms with Gasteiger partial charge in [-0.05, 0) is 19.4 Å². The van der Waals surface area contributed by atoms with Crippen LogP contribution in [0.5, 0.6) is 5.88 Å². The van der Waals surface area contributed by atoms with Gasteiger partial charge in [-0.3, -0.25) is 4.79 Å². The number of carbonyl (C=O) groups is 1. The molecule has 2 aromatic rings. The first-order valence-electron chi connectivity index (χ1n) is 8.78. The van der Waals surface area contributed by atoms with Crippen molar-refractivity contribution in [3.8, 4) is 5.88 Å². The van der Waals surface area contributed by atoms with E-state index in [0.29, 0.717) is 36.2 Å². The van der Waals surface area contributed by atoms with Crippen molar-refractivity contribution < 1.29 is 18.7 Å². The van der Waals surface area contributed by atoms with Gasteiger partial charge in [0, 0.05) is 44.8 Å². The van der Waals surface area contributed by atoms with Crippen LogP contribution in [0, 0.1) is 6.92 Å². The molecule has 0 aliphatic carbocycles. The highest BCUT2D eigenvalue weighted by Gasteiger charge is 2.39. The molecule has 2 aromatic heterocycles. The maximum Gasteiger partial charge on any atom is 0.254 e. The molecule has 3 rings (SSSR count). The molecule has 0 aromatic carbocycles. The summed E-state index contributed by atoms with van der Waals surface area (Å²) in [5.74, 6) is 1.21. The topological polar surface area (TPSA) is 90.6 Å². The SMILES string of the molecule is CCC(C)Oc1cc(C(=O)N2C[C@@H](OC)C[C@@H]2c2nnc(C)o2)ccn1. The molecule has 0 N–H and O–H groups in total. The van der Waals surface area contributed by atoms with E-state index in [1.807, 2.05) is 13.8 Å². The first-order valence-corrected chi connectivity index (χ1v) is 8.78. The van der Waals surface area contributed by atoms with Gasteiger partial charge >= 0.3 is 0 Å². The maximum absolute atomic E-state index is 13.1. The normalized spacial score (nSPS) is 21.0. The Labute approximate surface area is 152 Å². The predicted octanol–water partition coefficient (Wildman–Crippen LogP) is 2.55. The molecule has 8 heteroatoms. The Morgan fingerprint density at radius 3 is 2.92 bits per heavy atom. The molecule has 0 bridgehead atoms. The lowest BCUT2D eigenvalue weighted by Gasteiger charge is -2.22. The fourth-order valence-electron chi connectivity index (χ4n) is 2.94. The van der Waals surface area contributed by atoms with Crippen molar-refractivity contribution in [2.24, 2.45) is 0 Å². The fourth-order valence-corrected chi connectivity index (χ4v) is 2.94. The Balaban J connectivity index is 1.83. The molecule has 1 amide bonds. The largest absolute Gasteiger partial charge is 0.475 e. The molecule has 0 radical (unpaired) electrons. The van der Waals surface area contributed by atoms with Crippen LogP contribution in [0.2, 0.25) is 0 Å². The van der Waals surface area contributed by atoms with E-state index >= 15 is 0 Å². The zero-order valence-corrected chi connectivity index (χ0v) is 15.5. The summed E-state index contributed by atoms with van der Waals surface area (Å²) in [5.41, 5.74) is 0.510. The molecule has 1 fully saturated rings. The second kappa shape index (κ2) is 7.82. The van der Waals surface area contributed by atoms with Crippen LogP contribution in [0.15, 0.2) is 22.7 Å². The monoisotopic (exact) mass is 360 g/mol. The highest BCUT2D eigenvalue weighted by Crippen LogP contribution is 2.34. The van der Waals surface area contributed by atoms with E-state index in [0.717, 1.165) is 6.42 Å². The second-order valence-electron chi connectivity index (χ2n) is 6.45. The van der Waals surface area contributed by atoms with Gasteiger partial charge in [0.1, 0.15) is 6.04 Å². The molecule has 1 aliphatic rings. The summed E-state index contributed by atoms with van der Waals surface area (Å²) in [4.78, 5) is 19.0. The van der Waals surface area contributed by atoms with E-state index in [4.69, 9.17) is 13.9 Å². The molecule has 0 spiro atoms. The lowest BCUT2D eigenvalue weighted by Crippen LogP contribution is -2.32. The highest BCUT2D eigenvalue weighted by atomic mass is 16.5. The van der Waals surface area contributed by atoms with Gasteiger partial charge in [-0.1, -0.05) is 6.92 Å². The summed E-state index contributed by atoms with van der Waals surface area (Å²) in [6.07, 6.45) is 3.02. The minimum atomic E-state index is -0.305. The quantitative estimate of drug-likeness (QED) is 0.782. The van der Waals surface area contributed by atoms with Gasteiger partial charge in [-0.15, -0.1) is 10.2 Å². The van der Waals surface area contributed by atoms with Crippen LogP contribution in [0.1, 0.15) is 54.9 Å². The Bertz CT molecular complexity index is 763. The van der Waals surface area contributed by atoms with Crippen molar-refractivity contribution in [2.45, 2.75) is 51.9 Å². The van der Waals surface area contributed by atoms with Gasteiger partial charge < -0.3 is 18.8 Å². The van der Waals surface area contributed by atoms with Crippen molar-refractivity contribution >= 4 is 5.91 Å². The third kappa shape index (κ3) is 3.85. The number of likely N-dealkylation sites (tertiary alicyclic amines) is 1. The average Bonchev–Trinajstić information content (AvgIpc) is 3.27. The second-order valence-corrected chi connectivity index (χ2v) is 6.45. The summed E-state index contributed by atoms with van der Waals surface area (Å²) in [6, 6.07) is 3.05. The first-order chi connectivity index (χ1) is 12.5. The van der Waals surface area contributed by atoms with E-state index in [2.05, 4.69) is 15.2 Å². The minimum Gasteiger partial charge on any atom is -0.475 e. The number of rotatable bonds is 6. The molecule has 0 saturated carbocycles. The third-order valence-corrected chi connectivity index (χ3v) is 4.56. The van der Waals surface area contributed by atoms with Crippen LogP contribution in [0.4, 0.5) is 0 Å². The summed E-state index contributed by atoms with van der Waals surface area (Å²) >= 11 is 0. The van der Waals surface area contributed by atoms with Crippen LogP contribution in [-0.4, -0.2) is 51.9 Å². The first kappa shape index (κ1) is 18.3. The molecule has 3 atom stereocenters. The van der Waals surface area contributed by atoms with E-state index in [1.54, 1.807) is 37.3 Å². The molecule has 26 heavy (non-hydrogen) atoms. The van der Waals surface area contributed by atoms with Crippen LogP contribution in [0.25, 0.3) is 0 Å². The summed E-state index contributed by atoms with van der Waals surface area (Å²) < 4.78 is 16.7. The van der Waals surface area contributed by atoms with Crippen molar-refractivity contribution in [1.29, 1.82) is 0 Å². The number of carbonyl (C=O) groups excluding carboxylic acids is 1. The Morgan fingerprint density at radius 1 is 1.46 bits per heavy atom. The fraction of sp³-hybridized carbons (Fsp3) is 0.556. The zero-order valence-electron chi connectivity index (χ0n) is 15.5. The molecular formula is C18H24N4O4. The van der Waals surface area contributed by atoms with E-state index < -0.39 is 0 Å². The molecule has 140 valence electrons. The summed E-state index contributed by atoms with van der Waals surface area (Å²) in [7, 11) is 1.64. The number of ether oxygens (including phenoxy) is 2. The number of methoxy groups -OCH3 is 1. The van der Waals surface area contributed by atoms with Gasteiger partial charge in [0.15, 0.2) is 0 Å². The smallest absolute Gasteiger partial charge is 0.254 e. The Kier molecular flexibility index (Phi) is 5.51. The van der Waals surface area contributed by atoms with Crippen LogP contribution < -0.4 is 4.74 Å². The van der Waals surface area contributed by atoms with E-state index in [-0.39, 0.29) is 24.2 Å². The van der Waals surface area contributed by atoms with Gasteiger partial charge in [0.25, 0.3) is 5.91 Å². The molecule has 3 heterocycles. The van der Waals surface area contributed by atoms with Crippen LogP contribution >= 0.6 is 0 Å². The average molecular weight is 360 g/mol. The number of hydrogen-bond acceptors (Lipinski definition) is 7. The van der Waals surface area contributed by atoms with Crippen molar-refractivity contribution in [3.63, 3.8) is 0 Å². The van der Waals surface area contributed by atoms with E-state index in [9.17, 15) is 4.79 Å². The summed E-state index contributed by atoms with van der Waals surface area (Å²) in [5, 5.41) is 7.97. The Hall–Kier alpha value is -2.48. The number of nitrogens with zero attached hydrogens (tertiary/aromatic N) is 4. The van der Waals surface area contributed by atoms with Crippen LogP contribution in [-0.2, 0) is 4.74 Å². The molecule has 1 unspecified atom stereocenters. The van der Waals surface area contributed by atoms with Crippen molar-refractivity contribution in [2.75, 3.05) is 13.7 Å². The van der Waals surface area contributed by atoms with Gasteiger partial charge in [0.2, 0.25) is 17.7 Å². The zero-order chi connectivity index (χ0) is 18.7. The van der Waals surface area contributed by atoms with Crippen molar-refractivity contribution in [3.05, 3.63) is 35.7 Å². The predicted molar refractivity (Wildman–Crippen MR) is 92.8 cm³/mol. The number of amides is 1. The number of aryl methyl sites for hydroxylation is 1.